The fourth-order valence-electron chi connectivity index (χ4n) is 2.78. The summed E-state index contributed by atoms with van der Waals surface area (Å²) in [5, 5.41) is 9.15. The van der Waals surface area contributed by atoms with Crippen molar-refractivity contribution in [3.8, 4) is 0 Å². The van der Waals surface area contributed by atoms with Gasteiger partial charge in [-0.15, -0.1) is 0 Å². The summed E-state index contributed by atoms with van der Waals surface area (Å²) in [5.74, 6) is 0. The van der Waals surface area contributed by atoms with Crippen molar-refractivity contribution in [2.45, 2.75) is 51.0 Å². The van der Waals surface area contributed by atoms with Gasteiger partial charge in [0.05, 0.1) is 11.5 Å². The zero-order valence-electron chi connectivity index (χ0n) is 12.1. The third kappa shape index (κ3) is 3.40. The number of aliphatic hydroxyl groups excluding tert-OH is 1. The number of benzene rings is 1. The van der Waals surface area contributed by atoms with Crippen molar-refractivity contribution >= 4 is 10.0 Å². The molecule has 5 heteroatoms. The first-order chi connectivity index (χ1) is 9.36. The maximum absolute atomic E-state index is 12.4. The summed E-state index contributed by atoms with van der Waals surface area (Å²) >= 11 is 0. The molecule has 2 rings (SSSR count). The van der Waals surface area contributed by atoms with Gasteiger partial charge >= 0.3 is 0 Å². The zero-order chi connectivity index (χ0) is 14.8. The van der Waals surface area contributed by atoms with Crippen molar-refractivity contribution in [2.24, 2.45) is 5.41 Å². The molecule has 0 amide bonds. The monoisotopic (exact) mass is 297 g/mol. The van der Waals surface area contributed by atoms with E-state index in [0.29, 0.717) is 17.7 Å². The Morgan fingerprint density at radius 2 is 1.95 bits per heavy atom. The van der Waals surface area contributed by atoms with E-state index in [9.17, 15) is 8.42 Å². The van der Waals surface area contributed by atoms with Crippen molar-refractivity contribution in [1.82, 2.24) is 4.72 Å². The highest BCUT2D eigenvalue weighted by Crippen LogP contribution is 2.37. The Balaban J connectivity index is 2.17. The number of hydrogen-bond donors (Lipinski definition) is 2. The van der Waals surface area contributed by atoms with E-state index in [4.69, 9.17) is 5.11 Å². The Hall–Kier alpha value is -0.910. The molecule has 0 aromatic heterocycles. The van der Waals surface area contributed by atoms with E-state index in [1.165, 1.54) is 12.8 Å². The van der Waals surface area contributed by atoms with Crippen LogP contribution in [-0.4, -0.2) is 20.1 Å². The van der Waals surface area contributed by atoms with Crippen LogP contribution in [0.4, 0.5) is 0 Å². The Kier molecular flexibility index (Phi) is 4.52. The van der Waals surface area contributed by atoms with E-state index >= 15 is 0 Å². The minimum Gasteiger partial charge on any atom is -0.392 e. The number of nitrogens with one attached hydrogen (secondary N) is 1. The first-order valence-corrected chi connectivity index (χ1v) is 8.55. The average molecular weight is 297 g/mol. The quantitative estimate of drug-likeness (QED) is 0.876. The molecule has 1 fully saturated rings. The maximum Gasteiger partial charge on any atom is 0.240 e. The number of sulfonamides is 1. The Labute approximate surface area is 121 Å². The topological polar surface area (TPSA) is 66.4 Å². The Morgan fingerprint density at radius 1 is 1.30 bits per heavy atom. The van der Waals surface area contributed by atoms with Crippen molar-refractivity contribution in [3.63, 3.8) is 0 Å². The van der Waals surface area contributed by atoms with E-state index in [0.717, 1.165) is 12.8 Å². The second-order valence-corrected chi connectivity index (χ2v) is 7.84. The van der Waals surface area contributed by atoms with Crippen LogP contribution in [0.25, 0.3) is 0 Å². The van der Waals surface area contributed by atoms with Crippen LogP contribution in [0.2, 0.25) is 0 Å². The molecule has 1 saturated carbocycles. The molecule has 0 aliphatic heterocycles. The lowest BCUT2D eigenvalue weighted by Crippen LogP contribution is -2.34. The van der Waals surface area contributed by atoms with Crippen molar-refractivity contribution in [2.75, 3.05) is 6.54 Å². The predicted molar refractivity (Wildman–Crippen MR) is 78.9 cm³/mol. The molecule has 1 aromatic rings. The number of aliphatic hydroxyl groups is 1. The van der Waals surface area contributed by atoms with Gasteiger partial charge in [-0.25, -0.2) is 13.1 Å². The molecule has 0 unspecified atom stereocenters. The first kappa shape index (κ1) is 15.5. The molecule has 0 radical (unpaired) electrons. The normalized spacial score (nSPS) is 18.4. The van der Waals surface area contributed by atoms with Crippen LogP contribution in [0, 0.1) is 12.3 Å². The first-order valence-electron chi connectivity index (χ1n) is 7.06. The summed E-state index contributed by atoms with van der Waals surface area (Å²) in [6.07, 6.45) is 4.50. The lowest BCUT2D eigenvalue weighted by molar-refractivity contribution is 0.281. The van der Waals surface area contributed by atoms with Crippen LogP contribution < -0.4 is 4.72 Å². The van der Waals surface area contributed by atoms with E-state index in [2.05, 4.69) is 11.6 Å². The summed E-state index contributed by atoms with van der Waals surface area (Å²) in [6.45, 7) is 4.24. The molecule has 4 nitrogen and oxygen atoms in total. The van der Waals surface area contributed by atoms with Gasteiger partial charge < -0.3 is 5.11 Å². The number of aryl methyl sites for hydroxylation is 1. The molecule has 0 bridgehead atoms. The molecule has 0 heterocycles. The molecule has 112 valence electrons. The molecule has 0 atom stereocenters. The van der Waals surface area contributed by atoms with E-state index in [1.807, 2.05) is 0 Å². The summed E-state index contributed by atoms with van der Waals surface area (Å²) in [5.41, 5.74) is 1.39. The molecule has 0 spiro atoms. The Morgan fingerprint density at radius 3 is 2.55 bits per heavy atom. The van der Waals surface area contributed by atoms with Crippen molar-refractivity contribution in [1.29, 1.82) is 0 Å². The SMILES string of the molecule is Cc1ccc(CO)cc1S(=O)(=O)NCC1(C)CCCC1. The highest BCUT2D eigenvalue weighted by atomic mass is 32.2. The predicted octanol–water partition coefficient (Wildman–Crippen LogP) is 2.35. The van der Waals surface area contributed by atoms with Gasteiger partial charge in [0.25, 0.3) is 0 Å². The summed E-state index contributed by atoms with van der Waals surface area (Å²) < 4.78 is 27.6. The van der Waals surface area contributed by atoms with Crippen molar-refractivity contribution in [3.05, 3.63) is 29.3 Å². The van der Waals surface area contributed by atoms with Crippen LogP contribution in [0.1, 0.15) is 43.7 Å². The third-order valence-electron chi connectivity index (χ3n) is 4.22. The molecule has 1 aliphatic rings. The van der Waals surface area contributed by atoms with Gasteiger partial charge in [0, 0.05) is 6.54 Å². The molecular weight excluding hydrogens is 274 g/mol. The van der Waals surface area contributed by atoms with E-state index in [1.54, 1.807) is 25.1 Å². The zero-order valence-corrected chi connectivity index (χ0v) is 13.0. The molecular formula is C15H23NO3S. The second kappa shape index (κ2) is 5.84. The van der Waals surface area contributed by atoms with Crippen LogP contribution in [0.15, 0.2) is 23.1 Å². The van der Waals surface area contributed by atoms with Gasteiger partial charge in [-0.3, -0.25) is 0 Å². The lowest BCUT2D eigenvalue weighted by Gasteiger charge is -2.24. The minimum absolute atomic E-state index is 0.0789. The van der Waals surface area contributed by atoms with Crippen LogP contribution >= 0.6 is 0 Å². The average Bonchev–Trinajstić information content (AvgIpc) is 2.85. The second-order valence-electron chi connectivity index (χ2n) is 6.10. The van der Waals surface area contributed by atoms with Crippen LogP contribution in [0.5, 0.6) is 0 Å². The molecule has 0 saturated heterocycles. The minimum atomic E-state index is -3.51. The molecule has 2 N–H and O–H groups in total. The largest absolute Gasteiger partial charge is 0.392 e. The Bertz CT molecular complexity index is 575. The summed E-state index contributed by atoms with van der Waals surface area (Å²) in [4.78, 5) is 0.269. The molecule has 20 heavy (non-hydrogen) atoms. The van der Waals surface area contributed by atoms with Gasteiger partial charge in [-0.2, -0.15) is 0 Å². The van der Waals surface area contributed by atoms with Gasteiger partial charge in [0.2, 0.25) is 10.0 Å². The van der Waals surface area contributed by atoms with E-state index < -0.39 is 10.0 Å². The van der Waals surface area contributed by atoms with Gasteiger partial charge in [0.15, 0.2) is 0 Å². The lowest BCUT2D eigenvalue weighted by atomic mass is 9.89. The fraction of sp³-hybridized carbons (Fsp3) is 0.600. The smallest absolute Gasteiger partial charge is 0.240 e. The molecule has 1 aliphatic carbocycles. The van der Waals surface area contributed by atoms with Crippen LogP contribution in [0.3, 0.4) is 0 Å². The van der Waals surface area contributed by atoms with Crippen LogP contribution in [-0.2, 0) is 16.6 Å². The molecule has 1 aromatic carbocycles. The standard InChI is InChI=1S/C15H23NO3S/c1-12-5-6-13(10-17)9-14(12)20(18,19)16-11-15(2)7-3-4-8-15/h5-6,9,16-17H,3-4,7-8,10-11H2,1-2H3. The summed E-state index contributed by atoms with van der Waals surface area (Å²) in [7, 11) is -3.51. The summed E-state index contributed by atoms with van der Waals surface area (Å²) in [6, 6.07) is 5.03. The number of hydrogen-bond acceptors (Lipinski definition) is 3. The maximum atomic E-state index is 12.4. The highest BCUT2D eigenvalue weighted by Gasteiger charge is 2.30. The highest BCUT2D eigenvalue weighted by molar-refractivity contribution is 7.89. The van der Waals surface area contributed by atoms with Crippen molar-refractivity contribution < 1.29 is 13.5 Å². The third-order valence-corrected chi connectivity index (χ3v) is 5.77. The van der Waals surface area contributed by atoms with Gasteiger partial charge in [-0.1, -0.05) is 31.9 Å². The fourth-order valence-corrected chi connectivity index (χ4v) is 4.28. The van der Waals surface area contributed by atoms with Gasteiger partial charge in [-0.05, 0) is 42.4 Å². The van der Waals surface area contributed by atoms with Gasteiger partial charge in [0.1, 0.15) is 0 Å². The van der Waals surface area contributed by atoms with E-state index in [-0.39, 0.29) is 16.9 Å². The number of rotatable bonds is 5.